The van der Waals surface area contributed by atoms with E-state index in [-0.39, 0.29) is 28.4 Å². The number of halogens is 3. The molecular weight excluding hydrogens is 367 g/mol. The Labute approximate surface area is 148 Å². The van der Waals surface area contributed by atoms with Crippen molar-refractivity contribution < 1.29 is 26.4 Å². The van der Waals surface area contributed by atoms with E-state index in [0.29, 0.717) is 37.1 Å². The average molecular weight is 383 g/mol. The second-order valence-electron chi connectivity index (χ2n) is 6.91. The molecule has 1 aliphatic carbocycles. The van der Waals surface area contributed by atoms with Crippen LogP contribution in [0.3, 0.4) is 0 Å². The summed E-state index contributed by atoms with van der Waals surface area (Å²) in [6.45, 7) is 0. The fourth-order valence-corrected chi connectivity index (χ4v) is 6.10. The third-order valence-electron chi connectivity index (χ3n) is 5.27. The van der Waals surface area contributed by atoms with E-state index in [1.54, 1.807) is 0 Å². The fourth-order valence-electron chi connectivity index (χ4n) is 4.19. The van der Waals surface area contributed by atoms with Crippen LogP contribution in [-0.4, -0.2) is 25.7 Å². The first-order chi connectivity index (χ1) is 12.3. The topological polar surface area (TPSA) is 63.6 Å². The lowest BCUT2D eigenvalue weighted by Gasteiger charge is -2.38. The zero-order valence-electron chi connectivity index (χ0n) is 13.8. The van der Waals surface area contributed by atoms with Crippen LogP contribution in [0, 0.1) is 23.4 Å². The van der Waals surface area contributed by atoms with Crippen LogP contribution in [0.1, 0.15) is 43.6 Å². The Kier molecular flexibility index (Phi) is 4.06. The number of nitrogens with zero attached hydrogens (tertiary/aromatic N) is 1. The smallest absolute Gasteiger partial charge is 0.194 e. The fraction of sp³-hybridized carbons (Fsp3) is 0.444. The van der Waals surface area contributed by atoms with Crippen LogP contribution in [0.2, 0.25) is 0 Å². The van der Waals surface area contributed by atoms with Crippen molar-refractivity contribution in [1.29, 1.82) is 0 Å². The maximum atomic E-state index is 13.8. The SMILES string of the molecule is O=C1CCCC2=NC3=C(C(c4cc(F)c(F)c(F)c4)C12)S(=O)(=O)CCC3. The lowest BCUT2D eigenvalue weighted by Crippen LogP contribution is -2.40. The van der Waals surface area contributed by atoms with Crippen LogP contribution in [0.25, 0.3) is 0 Å². The molecule has 1 saturated carbocycles. The van der Waals surface area contributed by atoms with Gasteiger partial charge in [0, 0.05) is 18.1 Å². The van der Waals surface area contributed by atoms with Crippen molar-refractivity contribution in [2.24, 2.45) is 10.9 Å². The van der Waals surface area contributed by atoms with Crippen LogP contribution >= 0.6 is 0 Å². The Morgan fingerprint density at radius 2 is 1.65 bits per heavy atom. The molecule has 0 amide bonds. The van der Waals surface area contributed by atoms with Crippen molar-refractivity contribution in [1.82, 2.24) is 0 Å². The molecule has 1 aromatic carbocycles. The number of benzene rings is 1. The second kappa shape index (κ2) is 6.04. The molecule has 0 radical (unpaired) electrons. The third-order valence-corrected chi connectivity index (χ3v) is 7.25. The lowest BCUT2D eigenvalue weighted by atomic mass is 9.72. The maximum Gasteiger partial charge on any atom is 0.194 e. The molecule has 4 rings (SSSR count). The monoisotopic (exact) mass is 383 g/mol. The van der Waals surface area contributed by atoms with Crippen molar-refractivity contribution in [2.45, 2.75) is 38.0 Å². The van der Waals surface area contributed by atoms with Crippen molar-refractivity contribution in [2.75, 3.05) is 5.75 Å². The Balaban J connectivity index is 1.98. The summed E-state index contributed by atoms with van der Waals surface area (Å²) in [5, 5.41) is 0. The number of Topliss-reactive ketones (excluding diaryl/α,β-unsaturated/α-hetero) is 1. The molecule has 0 saturated heterocycles. The van der Waals surface area contributed by atoms with Crippen molar-refractivity contribution in [3.05, 3.63) is 45.8 Å². The molecule has 138 valence electrons. The Hall–Kier alpha value is -1.96. The van der Waals surface area contributed by atoms with Gasteiger partial charge in [-0.2, -0.15) is 0 Å². The molecule has 2 aliphatic heterocycles. The second-order valence-corrected chi connectivity index (χ2v) is 8.99. The molecule has 0 N–H and O–H groups in total. The van der Waals surface area contributed by atoms with E-state index in [9.17, 15) is 26.4 Å². The number of hydrogen-bond donors (Lipinski definition) is 0. The molecule has 2 unspecified atom stereocenters. The average Bonchev–Trinajstić information content (AvgIpc) is 2.57. The standard InChI is InChI=1S/C18H16F3NO3S/c19-10-7-9(8-11(20)17(10)21)15-16-12(3-1-5-14(16)23)22-13-4-2-6-26(24,25)18(13)15/h7-8,15-16H,1-6H2. The molecule has 1 aromatic rings. The molecule has 2 heterocycles. The van der Waals surface area contributed by atoms with Gasteiger partial charge in [-0.15, -0.1) is 0 Å². The summed E-state index contributed by atoms with van der Waals surface area (Å²) in [5.41, 5.74) is 0.895. The minimum absolute atomic E-state index is 0.0295. The van der Waals surface area contributed by atoms with Gasteiger partial charge in [0.2, 0.25) is 0 Å². The van der Waals surface area contributed by atoms with Gasteiger partial charge < -0.3 is 0 Å². The highest BCUT2D eigenvalue weighted by Gasteiger charge is 2.47. The zero-order valence-corrected chi connectivity index (χ0v) is 14.6. The Bertz CT molecular complexity index is 958. The van der Waals surface area contributed by atoms with E-state index in [4.69, 9.17) is 0 Å². The first-order valence-corrected chi connectivity index (χ1v) is 10.2. The van der Waals surface area contributed by atoms with Crippen molar-refractivity contribution in [3.8, 4) is 0 Å². The number of carbonyl (C=O) groups excluding carboxylic acids is 1. The van der Waals surface area contributed by atoms with E-state index in [1.165, 1.54) is 0 Å². The molecular formula is C18H16F3NO3S. The number of carbonyl (C=O) groups is 1. The highest BCUT2D eigenvalue weighted by Crippen LogP contribution is 2.47. The summed E-state index contributed by atoms with van der Waals surface area (Å²) in [5.74, 6) is -6.61. The van der Waals surface area contributed by atoms with E-state index >= 15 is 0 Å². The molecule has 1 fully saturated rings. The van der Waals surface area contributed by atoms with Gasteiger partial charge in [-0.3, -0.25) is 9.79 Å². The summed E-state index contributed by atoms with van der Waals surface area (Å²) >= 11 is 0. The Morgan fingerprint density at radius 3 is 2.35 bits per heavy atom. The third kappa shape index (κ3) is 2.62. The van der Waals surface area contributed by atoms with Gasteiger partial charge in [-0.05, 0) is 43.4 Å². The molecule has 0 bridgehead atoms. The van der Waals surface area contributed by atoms with E-state index in [2.05, 4.69) is 4.99 Å². The Morgan fingerprint density at radius 1 is 0.962 bits per heavy atom. The van der Waals surface area contributed by atoms with Crippen LogP contribution < -0.4 is 0 Å². The van der Waals surface area contributed by atoms with Gasteiger partial charge >= 0.3 is 0 Å². The molecule has 0 aromatic heterocycles. The number of sulfone groups is 1. The number of hydrogen-bond acceptors (Lipinski definition) is 4. The quantitative estimate of drug-likeness (QED) is 0.698. The predicted molar refractivity (Wildman–Crippen MR) is 88.9 cm³/mol. The summed E-state index contributed by atoms with van der Waals surface area (Å²) in [6, 6.07) is 1.59. The molecule has 8 heteroatoms. The predicted octanol–water partition coefficient (Wildman–Crippen LogP) is 3.43. The lowest BCUT2D eigenvalue weighted by molar-refractivity contribution is -0.121. The highest BCUT2D eigenvalue weighted by atomic mass is 32.2. The summed E-state index contributed by atoms with van der Waals surface area (Å²) in [4.78, 5) is 17.0. The normalized spacial score (nSPS) is 27.7. The first kappa shape index (κ1) is 17.5. The van der Waals surface area contributed by atoms with Gasteiger partial charge in [0.1, 0.15) is 5.78 Å². The van der Waals surface area contributed by atoms with Crippen molar-refractivity contribution >= 4 is 21.3 Å². The molecule has 2 atom stereocenters. The number of aliphatic imine (C=N–C) groups is 1. The minimum atomic E-state index is -3.71. The van der Waals surface area contributed by atoms with Crippen molar-refractivity contribution in [3.63, 3.8) is 0 Å². The summed E-state index contributed by atoms with van der Waals surface area (Å²) in [7, 11) is -3.71. The maximum absolute atomic E-state index is 13.8. The van der Waals surface area contributed by atoms with E-state index < -0.39 is 39.1 Å². The molecule has 3 aliphatic rings. The zero-order chi connectivity index (χ0) is 18.6. The van der Waals surface area contributed by atoms with Gasteiger partial charge in [0.05, 0.1) is 22.3 Å². The number of fused-ring (bicyclic) bond motifs is 1. The minimum Gasteiger partial charge on any atom is -0.299 e. The van der Waals surface area contributed by atoms with Crippen LogP contribution in [0.4, 0.5) is 13.2 Å². The molecule has 0 spiro atoms. The van der Waals surface area contributed by atoms with E-state index in [1.807, 2.05) is 0 Å². The number of rotatable bonds is 1. The van der Waals surface area contributed by atoms with E-state index in [0.717, 1.165) is 12.1 Å². The van der Waals surface area contributed by atoms with Gasteiger partial charge in [-0.1, -0.05) is 0 Å². The summed E-state index contributed by atoms with van der Waals surface area (Å²) in [6.07, 6.45) is 2.25. The van der Waals surface area contributed by atoms with Crippen LogP contribution in [0.5, 0.6) is 0 Å². The summed E-state index contributed by atoms with van der Waals surface area (Å²) < 4.78 is 66.5. The highest BCUT2D eigenvalue weighted by molar-refractivity contribution is 7.95. The number of allylic oxidation sites excluding steroid dienone is 2. The molecule has 4 nitrogen and oxygen atoms in total. The van der Waals surface area contributed by atoms with Gasteiger partial charge in [0.15, 0.2) is 27.3 Å². The largest absolute Gasteiger partial charge is 0.299 e. The number of ketones is 1. The van der Waals surface area contributed by atoms with Crippen LogP contribution in [0.15, 0.2) is 27.7 Å². The van der Waals surface area contributed by atoms with Gasteiger partial charge in [0.25, 0.3) is 0 Å². The first-order valence-electron chi connectivity index (χ1n) is 8.50. The van der Waals surface area contributed by atoms with Gasteiger partial charge in [-0.25, -0.2) is 21.6 Å². The van der Waals surface area contributed by atoms with Crippen LogP contribution in [-0.2, 0) is 14.6 Å². The molecule has 26 heavy (non-hydrogen) atoms.